The molecule has 2 aromatic rings. The van der Waals surface area contributed by atoms with E-state index in [4.69, 9.17) is 4.42 Å². The normalized spacial score (nSPS) is 23.0. The van der Waals surface area contributed by atoms with Gasteiger partial charge >= 0.3 is 6.18 Å². The first-order valence-corrected chi connectivity index (χ1v) is 10.4. The summed E-state index contributed by atoms with van der Waals surface area (Å²) >= 11 is 0. The van der Waals surface area contributed by atoms with Crippen molar-refractivity contribution in [3.05, 3.63) is 53.5 Å². The first-order chi connectivity index (χ1) is 12.7. The third-order valence-corrected chi connectivity index (χ3v) is 7.16. The highest BCUT2D eigenvalue weighted by atomic mass is 32.2. The van der Waals surface area contributed by atoms with Crippen LogP contribution in [0.2, 0.25) is 0 Å². The number of alkyl halides is 3. The Kier molecular flexibility index (Phi) is 4.38. The molecule has 2 fully saturated rings. The Balaban J connectivity index is 1.65. The van der Waals surface area contributed by atoms with Gasteiger partial charge in [-0.05, 0) is 49.4 Å². The Morgan fingerprint density at radius 3 is 2.41 bits per heavy atom. The summed E-state index contributed by atoms with van der Waals surface area (Å²) in [5.74, 6) is 2.19. The number of rotatable bonds is 6. The van der Waals surface area contributed by atoms with Crippen molar-refractivity contribution < 1.29 is 26.0 Å². The van der Waals surface area contributed by atoms with Crippen molar-refractivity contribution in [2.24, 2.45) is 5.92 Å². The minimum atomic E-state index is -4.74. The van der Waals surface area contributed by atoms with Gasteiger partial charge in [0.2, 0.25) is 10.0 Å². The Morgan fingerprint density at radius 1 is 1.15 bits per heavy atom. The second-order valence-corrected chi connectivity index (χ2v) is 9.26. The maximum atomic E-state index is 13.3. The average Bonchev–Trinajstić information content (AvgIpc) is 3.52. The molecule has 1 heterocycles. The highest BCUT2D eigenvalue weighted by molar-refractivity contribution is 7.89. The largest absolute Gasteiger partial charge is 0.464 e. The molecule has 1 aromatic carbocycles. The molecule has 1 aromatic heterocycles. The minimum Gasteiger partial charge on any atom is -0.464 e. The molecule has 2 atom stereocenters. The number of furan rings is 1. The second-order valence-electron chi connectivity index (χ2n) is 7.40. The minimum absolute atomic E-state index is 0.0553. The summed E-state index contributed by atoms with van der Waals surface area (Å²) in [6, 6.07) is 7.60. The van der Waals surface area contributed by atoms with Crippen molar-refractivity contribution in [2.75, 3.05) is 0 Å². The molecule has 2 unspecified atom stereocenters. The third-order valence-electron chi connectivity index (χ3n) is 5.20. The van der Waals surface area contributed by atoms with Crippen molar-refractivity contribution >= 4 is 10.0 Å². The van der Waals surface area contributed by atoms with Gasteiger partial charge in [-0.25, -0.2) is 8.42 Å². The number of halogens is 3. The highest BCUT2D eigenvalue weighted by Gasteiger charge is 2.44. The average molecular weight is 399 g/mol. The number of nitrogens with zero attached hydrogens (tertiary/aromatic N) is 1. The van der Waals surface area contributed by atoms with E-state index in [-0.39, 0.29) is 12.6 Å². The Labute approximate surface area is 156 Å². The summed E-state index contributed by atoms with van der Waals surface area (Å²) in [7, 11) is -4.30. The van der Waals surface area contributed by atoms with Crippen molar-refractivity contribution in [3.8, 4) is 0 Å². The first-order valence-electron chi connectivity index (χ1n) is 8.94. The zero-order valence-electron chi connectivity index (χ0n) is 14.7. The van der Waals surface area contributed by atoms with Crippen LogP contribution in [0.3, 0.4) is 0 Å². The molecule has 0 saturated heterocycles. The number of sulfonamides is 1. The monoisotopic (exact) mass is 399 g/mol. The van der Waals surface area contributed by atoms with Gasteiger partial charge < -0.3 is 4.42 Å². The van der Waals surface area contributed by atoms with Gasteiger partial charge in [0.05, 0.1) is 17.0 Å². The first kappa shape index (κ1) is 18.6. The van der Waals surface area contributed by atoms with Crippen molar-refractivity contribution in [1.82, 2.24) is 4.31 Å². The van der Waals surface area contributed by atoms with Gasteiger partial charge in [-0.15, -0.1) is 0 Å². The van der Waals surface area contributed by atoms with E-state index in [1.807, 2.05) is 6.07 Å². The Morgan fingerprint density at radius 2 is 1.81 bits per heavy atom. The zero-order chi connectivity index (χ0) is 19.4. The second kappa shape index (κ2) is 6.38. The summed E-state index contributed by atoms with van der Waals surface area (Å²) < 4.78 is 73.0. The zero-order valence-corrected chi connectivity index (χ0v) is 15.6. The molecule has 0 bridgehead atoms. The standard InChI is InChI=1S/C19H20F3NO3S/c1-12-10-15(12)17-9-8-14(26-17)11-23(13-6-7-13)27(24,25)18-5-3-2-4-16(18)19(20,21)22/h2-5,8-9,12-13,15H,6-7,10-11H2,1H3. The molecule has 0 radical (unpaired) electrons. The number of hydrogen-bond donors (Lipinski definition) is 0. The van der Waals surface area contributed by atoms with E-state index < -0.39 is 26.7 Å². The third kappa shape index (κ3) is 3.65. The van der Waals surface area contributed by atoms with E-state index in [9.17, 15) is 21.6 Å². The van der Waals surface area contributed by atoms with Crippen LogP contribution in [0.15, 0.2) is 45.7 Å². The summed E-state index contributed by atoms with van der Waals surface area (Å²) in [6.45, 7) is 2.06. The van der Waals surface area contributed by atoms with Crippen molar-refractivity contribution in [2.45, 2.75) is 55.8 Å². The van der Waals surface area contributed by atoms with Gasteiger partial charge in [0.1, 0.15) is 11.5 Å². The summed E-state index contributed by atoms with van der Waals surface area (Å²) in [5, 5.41) is 0. The predicted molar refractivity (Wildman–Crippen MR) is 92.4 cm³/mol. The van der Waals surface area contributed by atoms with E-state index >= 15 is 0 Å². The van der Waals surface area contributed by atoms with Gasteiger partial charge in [0.25, 0.3) is 0 Å². The molecule has 27 heavy (non-hydrogen) atoms. The molecule has 8 heteroatoms. The van der Waals surface area contributed by atoms with Crippen LogP contribution in [0.1, 0.15) is 49.2 Å². The molecule has 2 aliphatic carbocycles. The van der Waals surface area contributed by atoms with Gasteiger partial charge in [-0.2, -0.15) is 17.5 Å². The van der Waals surface area contributed by atoms with E-state index in [1.165, 1.54) is 12.1 Å². The number of hydrogen-bond acceptors (Lipinski definition) is 3. The Hall–Kier alpha value is -1.80. The summed E-state index contributed by atoms with van der Waals surface area (Å²) in [5.41, 5.74) is -1.14. The molecule has 0 aliphatic heterocycles. The van der Waals surface area contributed by atoms with Crippen LogP contribution in [0, 0.1) is 5.92 Å². The van der Waals surface area contributed by atoms with Gasteiger partial charge in [0, 0.05) is 12.0 Å². The van der Waals surface area contributed by atoms with Crippen LogP contribution in [0.25, 0.3) is 0 Å². The molecule has 0 amide bonds. The summed E-state index contributed by atoms with van der Waals surface area (Å²) in [4.78, 5) is -0.702. The van der Waals surface area contributed by atoms with Crippen LogP contribution in [-0.4, -0.2) is 18.8 Å². The smallest absolute Gasteiger partial charge is 0.417 e. The molecular weight excluding hydrogens is 379 g/mol. The van der Waals surface area contributed by atoms with Crippen molar-refractivity contribution in [3.63, 3.8) is 0 Å². The molecule has 2 saturated carbocycles. The van der Waals surface area contributed by atoms with Crippen LogP contribution in [0.4, 0.5) is 13.2 Å². The van der Waals surface area contributed by atoms with Crippen molar-refractivity contribution in [1.29, 1.82) is 0 Å². The van der Waals surface area contributed by atoms with Crippen LogP contribution >= 0.6 is 0 Å². The topological polar surface area (TPSA) is 50.5 Å². The molecule has 0 spiro atoms. The van der Waals surface area contributed by atoms with Crippen LogP contribution in [-0.2, 0) is 22.7 Å². The molecule has 2 aliphatic rings. The van der Waals surface area contributed by atoms with E-state index in [0.717, 1.165) is 28.6 Å². The molecule has 0 N–H and O–H groups in total. The van der Waals surface area contributed by atoms with Gasteiger partial charge in [0.15, 0.2) is 0 Å². The molecule has 4 nitrogen and oxygen atoms in total. The Bertz CT molecular complexity index is 947. The lowest BCUT2D eigenvalue weighted by atomic mass is 10.2. The lowest BCUT2D eigenvalue weighted by Crippen LogP contribution is -2.33. The predicted octanol–water partition coefficient (Wildman–Crippen LogP) is 4.78. The van der Waals surface area contributed by atoms with E-state index in [0.29, 0.717) is 30.4 Å². The quantitative estimate of drug-likeness (QED) is 0.703. The highest BCUT2D eigenvalue weighted by Crippen LogP contribution is 2.47. The lowest BCUT2D eigenvalue weighted by Gasteiger charge is -2.23. The van der Waals surface area contributed by atoms with Gasteiger partial charge in [-0.3, -0.25) is 0 Å². The van der Waals surface area contributed by atoms with E-state index in [1.54, 1.807) is 6.07 Å². The summed E-state index contributed by atoms with van der Waals surface area (Å²) in [6.07, 6.45) is -2.42. The van der Waals surface area contributed by atoms with Crippen LogP contribution < -0.4 is 0 Å². The maximum Gasteiger partial charge on any atom is 0.417 e. The fourth-order valence-corrected chi connectivity index (χ4v) is 5.24. The number of benzene rings is 1. The van der Waals surface area contributed by atoms with E-state index in [2.05, 4.69) is 6.92 Å². The molecule has 4 rings (SSSR count). The molecular formula is C19H20F3NO3S. The lowest BCUT2D eigenvalue weighted by molar-refractivity contribution is -0.139. The fraction of sp³-hybridized carbons (Fsp3) is 0.474. The molecule has 146 valence electrons. The van der Waals surface area contributed by atoms with Gasteiger partial charge in [-0.1, -0.05) is 19.1 Å². The SMILES string of the molecule is CC1CC1c1ccc(CN(C2CC2)S(=O)(=O)c2ccccc2C(F)(F)F)o1. The maximum absolute atomic E-state index is 13.3. The van der Waals surface area contributed by atoms with Crippen LogP contribution in [0.5, 0.6) is 0 Å². The fourth-order valence-electron chi connectivity index (χ4n) is 3.38.